The molecule has 0 bridgehead atoms. The lowest BCUT2D eigenvalue weighted by Crippen LogP contribution is -2.48. The first-order chi connectivity index (χ1) is 15.0. The summed E-state index contributed by atoms with van der Waals surface area (Å²) in [6.07, 6.45) is 2.67. The van der Waals surface area contributed by atoms with Gasteiger partial charge in [0, 0.05) is 63.4 Å². The Kier molecular flexibility index (Phi) is 6.13. The predicted octanol–water partition coefficient (Wildman–Crippen LogP) is 2.78. The maximum absolute atomic E-state index is 11.6. The molecule has 1 fully saturated rings. The molecule has 8 nitrogen and oxygen atoms in total. The number of anilines is 3. The van der Waals surface area contributed by atoms with Crippen molar-refractivity contribution in [3.63, 3.8) is 0 Å². The van der Waals surface area contributed by atoms with Crippen LogP contribution in [-0.2, 0) is 9.59 Å². The smallest absolute Gasteiger partial charge is 0.227 e. The average Bonchev–Trinajstić information content (AvgIpc) is 3.08. The number of piperazine rings is 1. The first kappa shape index (κ1) is 21.2. The van der Waals surface area contributed by atoms with E-state index >= 15 is 0 Å². The maximum Gasteiger partial charge on any atom is 0.227 e. The van der Waals surface area contributed by atoms with Gasteiger partial charge in [-0.25, -0.2) is 9.97 Å². The van der Waals surface area contributed by atoms with Gasteiger partial charge in [0.15, 0.2) is 6.29 Å². The number of thioether (sulfide) groups is 1. The van der Waals surface area contributed by atoms with Crippen molar-refractivity contribution in [2.75, 3.05) is 43.4 Å². The maximum atomic E-state index is 11.6. The minimum absolute atomic E-state index is 0.128. The number of hydrogen-bond acceptors (Lipinski definition) is 8. The van der Waals surface area contributed by atoms with Gasteiger partial charge < -0.3 is 24.8 Å². The largest absolute Gasteiger partial charge is 0.368 e. The Labute approximate surface area is 186 Å². The van der Waals surface area contributed by atoms with Crippen LogP contribution in [-0.4, -0.2) is 70.6 Å². The van der Waals surface area contributed by atoms with Crippen LogP contribution in [0.25, 0.3) is 4.91 Å². The zero-order valence-corrected chi connectivity index (χ0v) is 18.7. The summed E-state index contributed by atoms with van der Waals surface area (Å²) in [5.41, 5.74) is 3.83. The van der Waals surface area contributed by atoms with Crippen molar-refractivity contribution in [2.24, 2.45) is 0 Å². The number of rotatable bonds is 5. The molecule has 4 rings (SSSR count). The van der Waals surface area contributed by atoms with Gasteiger partial charge in [-0.15, -0.1) is 0 Å². The summed E-state index contributed by atoms with van der Waals surface area (Å²) >= 11 is 1.50. The van der Waals surface area contributed by atoms with Gasteiger partial charge in [0.05, 0.1) is 10.6 Å². The minimum Gasteiger partial charge on any atom is -0.368 e. The van der Waals surface area contributed by atoms with E-state index in [0.29, 0.717) is 5.95 Å². The van der Waals surface area contributed by atoms with Crippen molar-refractivity contribution in [3.8, 4) is 0 Å². The first-order valence-electron chi connectivity index (χ1n) is 10.2. The van der Waals surface area contributed by atoms with E-state index in [-0.39, 0.29) is 11.3 Å². The Hall–Kier alpha value is -3.07. The van der Waals surface area contributed by atoms with E-state index in [1.807, 2.05) is 42.0 Å². The summed E-state index contributed by atoms with van der Waals surface area (Å²) < 4.78 is 0. The van der Waals surface area contributed by atoms with Crippen LogP contribution in [0.2, 0.25) is 0 Å². The molecule has 3 heterocycles. The van der Waals surface area contributed by atoms with Crippen molar-refractivity contribution in [1.29, 1.82) is 0 Å². The van der Waals surface area contributed by atoms with Crippen LogP contribution in [0.15, 0.2) is 42.2 Å². The third kappa shape index (κ3) is 4.51. The molecule has 1 atom stereocenters. The third-order valence-corrected chi connectivity index (χ3v) is 7.08. The molecule has 0 saturated carbocycles. The molecule has 162 valence electrons. The standard InChI is InChI=1S/C22H26N6O2S/c1-15-21(31-20(14-29)26(15)3)19-7-8-23-22(25-19)24-17-5-4-6-18(13-17)28-11-9-27(10-12-28)16(2)30/h4-8,13-14,20H,9-12H2,1-3H3,(H,23,24,25). The lowest BCUT2D eigenvalue weighted by Gasteiger charge is -2.35. The van der Waals surface area contributed by atoms with Gasteiger partial charge in [0.25, 0.3) is 0 Å². The van der Waals surface area contributed by atoms with Crippen LogP contribution >= 0.6 is 11.8 Å². The number of aromatic nitrogens is 2. The second-order valence-corrected chi connectivity index (χ2v) is 8.73. The van der Waals surface area contributed by atoms with Gasteiger partial charge in [-0.1, -0.05) is 17.8 Å². The highest BCUT2D eigenvalue weighted by molar-refractivity contribution is 8.09. The number of nitrogens with one attached hydrogen (secondary N) is 1. The number of carbonyl (C=O) groups excluding carboxylic acids is 2. The summed E-state index contributed by atoms with van der Waals surface area (Å²) in [6, 6.07) is 10.00. The summed E-state index contributed by atoms with van der Waals surface area (Å²) in [7, 11) is 1.91. The van der Waals surface area contributed by atoms with E-state index in [0.717, 1.165) is 60.1 Å². The Morgan fingerprint density at radius 2 is 2.00 bits per heavy atom. The zero-order chi connectivity index (χ0) is 22.0. The molecule has 0 spiro atoms. The van der Waals surface area contributed by atoms with Crippen LogP contribution in [0.5, 0.6) is 0 Å². The molecule has 1 saturated heterocycles. The normalized spacial score (nSPS) is 19.1. The molecule has 1 N–H and O–H groups in total. The van der Waals surface area contributed by atoms with Crippen LogP contribution in [0.3, 0.4) is 0 Å². The number of allylic oxidation sites excluding steroid dienone is 1. The van der Waals surface area contributed by atoms with Crippen LogP contribution in [0, 0.1) is 0 Å². The van der Waals surface area contributed by atoms with Crippen LogP contribution in [0.4, 0.5) is 17.3 Å². The van der Waals surface area contributed by atoms with Crippen molar-refractivity contribution in [1.82, 2.24) is 19.8 Å². The van der Waals surface area contributed by atoms with Gasteiger partial charge in [0.2, 0.25) is 11.9 Å². The highest BCUT2D eigenvalue weighted by Crippen LogP contribution is 2.41. The van der Waals surface area contributed by atoms with E-state index in [1.165, 1.54) is 11.8 Å². The minimum atomic E-state index is -0.221. The Balaban J connectivity index is 1.48. The fraction of sp³-hybridized carbons (Fsp3) is 0.364. The summed E-state index contributed by atoms with van der Waals surface area (Å²) in [5, 5.41) is 3.08. The predicted molar refractivity (Wildman–Crippen MR) is 124 cm³/mol. The fourth-order valence-corrected chi connectivity index (χ4v) is 4.90. The molecule has 1 amide bonds. The zero-order valence-electron chi connectivity index (χ0n) is 17.9. The van der Waals surface area contributed by atoms with Crippen molar-refractivity contribution in [3.05, 3.63) is 47.9 Å². The van der Waals surface area contributed by atoms with Gasteiger partial charge in [-0.2, -0.15) is 0 Å². The molecule has 9 heteroatoms. The molecule has 31 heavy (non-hydrogen) atoms. The third-order valence-electron chi connectivity index (χ3n) is 5.68. The summed E-state index contributed by atoms with van der Waals surface area (Å²) in [6.45, 7) is 6.71. The Morgan fingerprint density at radius 1 is 1.23 bits per heavy atom. The van der Waals surface area contributed by atoms with E-state index in [4.69, 9.17) is 0 Å². The number of hydrogen-bond donors (Lipinski definition) is 1. The monoisotopic (exact) mass is 438 g/mol. The summed E-state index contributed by atoms with van der Waals surface area (Å²) in [4.78, 5) is 39.0. The van der Waals surface area contributed by atoms with Crippen molar-refractivity contribution in [2.45, 2.75) is 19.2 Å². The van der Waals surface area contributed by atoms with E-state index in [2.05, 4.69) is 32.3 Å². The Bertz CT molecular complexity index is 1020. The molecule has 1 aromatic heterocycles. The average molecular weight is 439 g/mol. The van der Waals surface area contributed by atoms with E-state index in [1.54, 1.807) is 13.1 Å². The van der Waals surface area contributed by atoms with Crippen LogP contribution < -0.4 is 10.2 Å². The lowest BCUT2D eigenvalue weighted by molar-refractivity contribution is -0.129. The number of nitrogens with zero attached hydrogens (tertiary/aromatic N) is 5. The second kappa shape index (κ2) is 8.97. The highest BCUT2D eigenvalue weighted by Gasteiger charge is 2.28. The molecule has 2 aromatic rings. The van der Waals surface area contributed by atoms with Crippen LogP contribution in [0.1, 0.15) is 19.5 Å². The molecule has 0 radical (unpaired) electrons. The molecular weight excluding hydrogens is 412 g/mol. The topological polar surface area (TPSA) is 81.7 Å². The Morgan fingerprint density at radius 3 is 2.68 bits per heavy atom. The SMILES string of the molecule is CC(=O)N1CCN(c2cccc(Nc3nccc(C4=C(C)N(C)C(C=O)S4)n3)c2)CC1. The fourth-order valence-electron chi connectivity index (χ4n) is 3.74. The molecule has 0 aliphatic carbocycles. The number of likely N-dealkylation sites (N-methyl/N-ethyl adjacent to an activating group) is 1. The number of aldehydes is 1. The molecule has 1 unspecified atom stereocenters. The first-order valence-corrected chi connectivity index (χ1v) is 11.1. The number of amides is 1. The number of carbonyl (C=O) groups is 2. The van der Waals surface area contributed by atoms with Gasteiger partial charge >= 0.3 is 0 Å². The molecule has 1 aromatic carbocycles. The second-order valence-electron chi connectivity index (χ2n) is 7.60. The van der Waals surface area contributed by atoms with E-state index < -0.39 is 0 Å². The van der Waals surface area contributed by atoms with Crippen molar-refractivity contribution >= 4 is 46.2 Å². The van der Waals surface area contributed by atoms with Gasteiger partial charge in [-0.3, -0.25) is 4.79 Å². The van der Waals surface area contributed by atoms with Gasteiger partial charge in [-0.05, 0) is 31.2 Å². The molecular formula is C22H26N6O2S. The van der Waals surface area contributed by atoms with E-state index in [9.17, 15) is 9.59 Å². The quantitative estimate of drug-likeness (QED) is 0.714. The van der Waals surface area contributed by atoms with Gasteiger partial charge in [0.1, 0.15) is 5.37 Å². The molecule has 2 aliphatic rings. The molecule has 2 aliphatic heterocycles. The number of benzene rings is 1. The summed E-state index contributed by atoms with van der Waals surface area (Å²) in [5.74, 6) is 0.637. The lowest BCUT2D eigenvalue weighted by atomic mass is 10.2. The van der Waals surface area contributed by atoms with Crippen molar-refractivity contribution < 1.29 is 9.59 Å². The highest BCUT2D eigenvalue weighted by atomic mass is 32.2.